The Morgan fingerprint density at radius 2 is 1.86 bits per heavy atom. The monoisotopic (exact) mass is 295 g/mol. The molecule has 0 saturated carbocycles. The van der Waals surface area contributed by atoms with Crippen LogP contribution >= 0.6 is 0 Å². The number of aryl methyl sites for hydroxylation is 1. The third kappa shape index (κ3) is 4.64. The normalized spacial score (nSPS) is 9.82. The van der Waals surface area contributed by atoms with Gasteiger partial charge in [-0.15, -0.1) is 0 Å². The lowest BCUT2D eigenvalue weighted by Gasteiger charge is -2.08. The van der Waals surface area contributed by atoms with E-state index in [2.05, 4.69) is 6.07 Å². The molecule has 0 radical (unpaired) electrons. The van der Waals surface area contributed by atoms with Crippen LogP contribution < -0.4 is 4.74 Å². The molecule has 4 nitrogen and oxygen atoms in total. The summed E-state index contributed by atoms with van der Waals surface area (Å²) in [5, 5.41) is 8.96. The van der Waals surface area contributed by atoms with Crippen molar-refractivity contribution in [3.8, 4) is 11.8 Å². The number of nitrogens with zero attached hydrogens (tertiary/aromatic N) is 1. The van der Waals surface area contributed by atoms with Crippen LogP contribution in [-0.4, -0.2) is 12.6 Å². The SMILES string of the molecule is Cc1ccc(OCCC(=O)OCc2ccccc2C#N)cc1. The van der Waals surface area contributed by atoms with Crippen LogP contribution in [0.25, 0.3) is 0 Å². The van der Waals surface area contributed by atoms with Gasteiger partial charge in [0.2, 0.25) is 0 Å². The molecule has 2 rings (SSSR count). The van der Waals surface area contributed by atoms with Gasteiger partial charge >= 0.3 is 5.97 Å². The van der Waals surface area contributed by atoms with Gasteiger partial charge < -0.3 is 9.47 Å². The molecule has 0 saturated heterocycles. The van der Waals surface area contributed by atoms with Gasteiger partial charge in [0.25, 0.3) is 0 Å². The Kier molecular flexibility index (Phi) is 5.56. The number of hydrogen-bond acceptors (Lipinski definition) is 4. The largest absolute Gasteiger partial charge is 0.493 e. The van der Waals surface area contributed by atoms with Gasteiger partial charge in [-0.1, -0.05) is 35.9 Å². The lowest BCUT2D eigenvalue weighted by Crippen LogP contribution is -2.10. The van der Waals surface area contributed by atoms with Gasteiger partial charge in [0.15, 0.2) is 0 Å². The third-order valence-corrected chi connectivity index (χ3v) is 3.12. The molecule has 2 aromatic rings. The van der Waals surface area contributed by atoms with E-state index in [1.807, 2.05) is 37.3 Å². The first-order chi connectivity index (χ1) is 10.7. The first-order valence-corrected chi connectivity index (χ1v) is 7.02. The molecular formula is C18H17NO3. The third-order valence-electron chi connectivity index (χ3n) is 3.12. The van der Waals surface area contributed by atoms with Crippen molar-refractivity contribution >= 4 is 5.97 Å². The van der Waals surface area contributed by atoms with Gasteiger partial charge in [-0.2, -0.15) is 5.26 Å². The number of hydrogen-bond donors (Lipinski definition) is 0. The van der Waals surface area contributed by atoms with E-state index in [4.69, 9.17) is 14.7 Å². The van der Waals surface area contributed by atoms with Gasteiger partial charge in [0.1, 0.15) is 12.4 Å². The van der Waals surface area contributed by atoms with Gasteiger partial charge in [-0.25, -0.2) is 0 Å². The van der Waals surface area contributed by atoms with E-state index in [1.54, 1.807) is 18.2 Å². The highest BCUT2D eigenvalue weighted by atomic mass is 16.5. The van der Waals surface area contributed by atoms with Crippen LogP contribution in [0.4, 0.5) is 0 Å². The molecule has 4 heteroatoms. The number of carbonyl (C=O) groups excluding carboxylic acids is 1. The molecule has 2 aromatic carbocycles. The zero-order valence-electron chi connectivity index (χ0n) is 12.4. The maximum absolute atomic E-state index is 11.7. The quantitative estimate of drug-likeness (QED) is 0.767. The molecule has 0 aromatic heterocycles. The van der Waals surface area contributed by atoms with Crippen LogP contribution in [0.5, 0.6) is 5.75 Å². The molecule has 0 amide bonds. The van der Waals surface area contributed by atoms with Crippen molar-refractivity contribution in [3.05, 3.63) is 65.2 Å². The molecule has 0 unspecified atom stereocenters. The van der Waals surface area contributed by atoms with Crippen LogP contribution in [0.2, 0.25) is 0 Å². The minimum absolute atomic E-state index is 0.104. The Balaban J connectivity index is 1.74. The van der Waals surface area contributed by atoms with E-state index in [9.17, 15) is 4.79 Å². The number of carbonyl (C=O) groups is 1. The van der Waals surface area contributed by atoms with Crippen LogP contribution in [0.1, 0.15) is 23.1 Å². The summed E-state index contributed by atoms with van der Waals surface area (Å²) in [5.74, 6) is 0.382. The molecule has 0 heterocycles. The summed E-state index contributed by atoms with van der Waals surface area (Å²) >= 11 is 0. The summed E-state index contributed by atoms with van der Waals surface area (Å²) in [6.45, 7) is 2.37. The fourth-order valence-corrected chi connectivity index (χ4v) is 1.87. The molecular weight excluding hydrogens is 278 g/mol. The van der Waals surface area contributed by atoms with Crippen molar-refractivity contribution in [1.82, 2.24) is 0 Å². The van der Waals surface area contributed by atoms with Crippen molar-refractivity contribution in [2.45, 2.75) is 20.0 Å². The van der Waals surface area contributed by atoms with Gasteiger partial charge in [0, 0.05) is 5.56 Å². The number of nitriles is 1. The highest BCUT2D eigenvalue weighted by molar-refractivity contribution is 5.69. The number of ether oxygens (including phenoxy) is 2. The lowest BCUT2D eigenvalue weighted by molar-refractivity contribution is -0.145. The fourth-order valence-electron chi connectivity index (χ4n) is 1.87. The first kappa shape index (κ1) is 15.6. The lowest BCUT2D eigenvalue weighted by atomic mass is 10.1. The molecule has 0 N–H and O–H groups in total. The van der Waals surface area contributed by atoms with Gasteiger partial charge in [-0.3, -0.25) is 4.79 Å². The summed E-state index contributed by atoms with van der Waals surface area (Å²) in [6.07, 6.45) is 0.169. The van der Waals surface area contributed by atoms with Crippen molar-refractivity contribution in [1.29, 1.82) is 5.26 Å². The molecule has 0 bridgehead atoms. The highest BCUT2D eigenvalue weighted by Crippen LogP contribution is 2.12. The Hall–Kier alpha value is -2.80. The zero-order chi connectivity index (χ0) is 15.8. The Morgan fingerprint density at radius 1 is 1.14 bits per heavy atom. The minimum atomic E-state index is -0.347. The van der Waals surface area contributed by atoms with E-state index >= 15 is 0 Å². The topological polar surface area (TPSA) is 59.3 Å². The van der Waals surface area contributed by atoms with E-state index in [1.165, 1.54) is 0 Å². The predicted octanol–water partition coefficient (Wildman–Crippen LogP) is 3.38. The summed E-state index contributed by atoms with van der Waals surface area (Å²) in [5.41, 5.74) is 2.38. The Bertz CT molecular complexity index is 671. The second-order valence-corrected chi connectivity index (χ2v) is 4.84. The first-order valence-electron chi connectivity index (χ1n) is 7.02. The molecule has 0 spiro atoms. The zero-order valence-corrected chi connectivity index (χ0v) is 12.4. The van der Waals surface area contributed by atoms with Gasteiger partial charge in [-0.05, 0) is 25.1 Å². The minimum Gasteiger partial charge on any atom is -0.493 e. The van der Waals surface area contributed by atoms with E-state index in [0.29, 0.717) is 11.1 Å². The second kappa shape index (κ2) is 7.84. The van der Waals surface area contributed by atoms with Crippen molar-refractivity contribution in [3.63, 3.8) is 0 Å². The summed E-state index contributed by atoms with van der Waals surface area (Å²) < 4.78 is 10.6. The Morgan fingerprint density at radius 3 is 2.59 bits per heavy atom. The van der Waals surface area contributed by atoms with Crippen molar-refractivity contribution < 1.29 is 14.3 Å². The van der Waals surface area contributed by atoms with Crippen LogP contribution in [0.3, 0.4) is 0 Å². The predicted molar refractivity (Wildman–Crippen MR) is 82.2 cm³/mol. The number of benzene rings is 2. The molecule has 0 atom stereocenters. The van der Waals surface area contributed by atoms with Crippen LogP contribution in [0, 0.1) is 18.3 Å². The number of esters is 1. The maximum atomic E-state index is 11.7. The molecule has 0 fully saturated rings. The summed E-state index contributed by atoms with van der Waals surface area (Å²) in [7, 11) is 0. The standard InChI is InChI=1S/C18H17NO3/c1-14-6-8-17(9-7-14)21-11-10-18(20)22-13-16-5-3-2-4-15(16)12-19/h2-9H,10-11,13H2,1H3. The fraction of sp³-hybridized carbons (Fsp3) is 0.222. The van der Waals surface area contributed by atoms with Crippen molar-refractivity contribution in [2.75, 3.05) is 6.61 Å². The average molecular weight is 295 g/mol. The number of rotatable bonds is 6. The summed E-state index contributed by atoms with van der Waals surface area (Å²) in [6, 6.07) is 16.8. The molecule has 0 aliphatic heterocycles. The van der Waals surface area contributed by atoms with E-state index in [-0.39, 0.29) is 25.6 Å². The second-order valence-electron chi connectivity index (χ2n) is 4.84. The van der Waals surface area contributed by atoms with E-state index < -0.39 is 0 Å². The maximum Gasteiger partial charge on any atom is 0.309 e. The Labute approximate surface area is 129 Å². The molecule has 112 valence electrons. The summed E-state index contributed by atoms with van der Waals surface area (Å²) in [4.78, 5) is 11.7. The molecule has 22 heavy (non-hydrogen) atoms. The average Bonchev–Trinajstić information content (AvgIpc) is 2.55. The van der Waals surface area contributed by atoms with E-state index in [0.717, 1.165) is 11.3 Å². The molecule has 0 aliphatic rings. The van der Waals surface area contributed by atoms with Gasteiger partial charge in [0.05, 0.1) is 24.7 Å². The highest BCUT2D eigenvalue weighted by Gasteiger charge is 2.06. The van der Waals surface area contributed by atoms with Crippen LogP contribution in [-0.2, 0) is 16.1 Å². The smallest absolute Gasteiger partial charge is 0.309 e. The van der Waals surface area contributed by atoms with Crippen LogP contribution in [0.15, 0.2) is 48.5 Å². The molecule has 0 aliphatic carbocycles. The van der Waals surface area contributed by atoms with Crippen molar-refractivity contribution in [2.24, 2.45) is 0 Å².